The number of amides is 2. The number of alkyl halides is 3. The number of benzene rings is 1. The summed E-state index contributed by atoms with van der Waals surface area (Å²) < 4.78 is 49.4. The SMILES string of the molecule is C.CCC.CCN1CCC(Oc2ccc(NC(=O)Nc3ccc(Br)n4ccnc34)cc2C(F)(F)F)CC1. The first kappa shape index (κ1) is 30.4. The molecule has 0 radical (unpaired) electrons. The third kappa shape index (κ3) is 8.10. The molecule has 1 fully saturated rings. The predicted molar refractivity (Wildman–Crippen MR) is 145 cm³/mol. The molecule has 4 rings (SSSR count). The Labute approximate surface area is 224 Å². The van der Waals surface area contributed by atoms with E-state index in [1.807, 2.05) is 0 Å². The van der Waals surface area contributed by atoms with Crippen molar-refractivity contribution in [2.45, 2.75) is 59.7 Å². The normalized spacial score (nSPS) is 14.4. The summed E-state index contributed by atoms with van der Waals surface area (Å²) in [4.78, 5) is 18.9. The zero-order valence-corrected chi connectivity index (χ0v) is 22.1. The summed E-state index contributed by atoms with van der Waals surface area (Å²) in [6.07, 6.45) is 0.977. The van der Waals surface area contributed by atoms with Gasteiger partial charge in [-0.15, -0.1) is 0 Å². The van der Waals surface area contributed by atoms with Gasteiger partial charge in [-0.2, -0.15) is 13.2 Å². The van der Waals surface area contributed by atoms with E-state index in [-0.39, 0.29) is 25.0 Å². The largest absolute Gasteiger partial charge is 0.490 e. The van der Waals surface area contributed by atoms with Gasteiger partial charge < -0.3 is 20.3 Å². The number of rotatable bonds is 5. The predicted octanol–water partition coefficient (Wildman–Crippen LogP) is 7.68. The molecule has 0 atom stereocenters. The van der Waals surface area contributed by atoms with E-state index in [1.165, 1.54) is 18.6 Å². The van der Waals surface area contributed by atoms with Gasteiger partial charge in [-0.3, -0.25) is 4.40 Å². The van der Waals surface area contributed by atoms with Crippen LogP contribution in [0.15, 0.2) is 47.3 Å². The van der Waals surface area contributed by atoms with E-state index in [1.54, 1.807) is 28.9 Å². The van der Waals surface area contributed by atoms with Crippen LogP contribution < -0.4 is 15.4 Å². The van der Waals surface area contributed by atoms with Crippen LogP contribution in [0.25, 0.3) is 5.65 Å². The van der Waals surface area contributed by atoms with Crippen molar-refractivity contribution in [3.8, 4) is 5.75 Å². The smallest absolute Gasteiger partial charge is 0.420 e. The monoisotopic (exact) mass is 585 g/mol. The maximum Gasteiger partial charge on any atom is 0.420 e. The number of halogens is 4. The van der Waals surface area contributed by atoms with Crippen molar-refractivity contribution >= 4 is 39.0 Å². The van der Waals surface area contributed by atoms with Crippen LogP contribution in [0, 0.1) is 0 Å². The number of ether oxygens (including phenoxy) is 1. The molecule has 0 unspecified atom stereocenters. The summed E-state index contributed by atoms with van der Waals surface area (Å²) in [5, 5.41) is 5.08. The van der Waals surface area contributed by atoms with Gasteiger partial charge in [-0.1, -0.05) is 34.6 Å². The van der Waals surface area contributed by atoms with Crippen molar-refractivity contribution in [3.63, 3.8) is 0 Å². The molecule has 1 saturated heterocycles. The highest BCUT2D eigenvalue weighted by molar-refractivity contribution is 9.10. The number of carbonyl (C=O) groups is 1. The van der Waals surface area contributed by atoms with E-state index in [9.17, 15) is 18.0 Å². The van der Waals surface area contributed by atoms with Crippen LogP contribution in [0.2, 0.25) is 0 Å². The summed E-state index contributed by atoms with van der Waals surface area (Å²) in [5.74, 6) is -0.226. The molecule has 0 spiro atoms. The van der Waals surface area contributed by atoms with E-state index in [4.69, 9.17) is 4.74 Å². The van der Waals surface area contributed by atoms with E-state index < -0.39 is 17.8 Å². The Hall–Kier alpha value is -2.79. The topological polar surface area (TPSA) is 70.9 Å². The second kappa shape index (κ2) is 13.7. The van der Waals surface area contributed by atoms with Crippen LogP contribution in [-0.4, -0.2) is 46.1 Å². The number of imidazole rings is 1. The van der Waals surface area contributed by atoms with Crippen molar-refractivity contribution < 1.29 is 22.7 Å². The molecule has 0 bridgehead atoms. The molecule has 1 aliphatic heterocycles. The van der Waals surface area contributed by atoms with Gasteiger partial charge in [-0.25, -0.2) is 9.78 Å². The van der Waals surface area contributed by atoms with Crippen molar-refractivity contribution in [2.24, 2.45) is 0 Å². The summed E-state index contributed by atoms with van der Waals surface area (Å²) in [6.45, 7) is 8.80. The standard InChI is InChI=1S/C22H23BrF3N5O2.C3H8.CH4/c1-2-30-10-7-15(8-11-30)33-18-5-3-14(13-16(18)22(24,25)26)28-21(32)29-17-4-6-19(23)31-12-9-27-20(17)31;1-3-2;/h3-6,9,12-13,15H,2,7-8,10-11H2,1H3,(H2,28,29,32);3H2,1-2H3;1H4. The Kier molecular flexibility index (Phi) is 11.2. The lowest BCUT2D eigenvalue weighted by Crippen LogP contribution is -2.38. The maximum absolute atomic E-state index is 13.7. The lowest BCUT2D eigenvalue weighted by molar-refractivity contribution is -0.139. The van der Waals surface area contributed by atoms with Gasteiger partial charge in [0.05, 0.1) is 15.9 Å². The van der Waals surface area contributed by atoms with Gasteiger partial charge in [0.1, 0.15) is 11.9 Å². The number of nitrogens with one attached hydrogen (secondary N) is 2. The molecule has 7 nitrogen and oxygen atoms in total. The third-order valence-electron chi connectivity index (χ3n) is 5.57. The minimum atomic E-state index is -4.62. The van der Waals surface area contributed by atoms with Gasteiger partial charge in [0.15, 0.2) is 5.65 Å². The average Bonchev–Trinajstić information content (AvgIpc) is 3.34. The fourth-order valence-corrected chi connectivity index (χ4v) is 4.24. The second-order valence-electron chi connectivity index (χ2n) is 8.44. The average molecular weight is 586 g/mol. The molecule has 0 saturated carbocycles. The fourth-order valence-electron chi connectivity index (χ4n) is 3.82. The Morgan fingerprint density at radius 1 is 1.14 bits per heavy atom. The first-order chi connectivity index (χ1) is 17.2. The van der Waals surface area contributed by atoms with Crippen molar-refractivity contribution in [2.75, 3.05) is 30.3 Å². The summed E-state index contributed by atoms with van der Waals surface area (Å²) >= 11 is 3.38. The Balaban J connectivity index is 0.00000115. The van der Waals surface area contributed by atoms with Gasteiger partial charge in [0.2, 0.25) is 0 Å². The zero-order chi connectivity index (χ0) is 26.3. The number of aromatic nitrogens is 2. The molecule has 1 aromatic carbocycles. The van der Waals surface area contributed by atoms with E-state index in [0.717, 1.165) is 30.3 Å². The number of fused-ring (bicyclic) bond motifs is 1. The van der Waals surface area contributed by atoms with Crippen LogP contribution >= 0.6 is 15.9 Å². The molecule has 204 valence electrons. The molecule has 1 aliphatic rings. The van der Waals surface area contributed by atoms with Crippen LogP contribution in [0.3, 0.4) is 0 Å². The molecule has 2 aromatic heterocycles. The molecule has 3 aromatic rings. The molecular formula is C26H35BrF3N5O2. The van der Waals surface area contributed by atoms with Crippen molar-refractivity contribution in [1.82, 2.24) is 14.3 Å². The molecule has 0 aliphatic carbocycles. The maximum atomic E-state index is 13.7. The molecule has 11 heteroatoms. The number of pyridine rings is 1. The molecular weight excluding hydrogens is 551 g/mol. The first-order valence-electron chi connectivity index (χ1n) is 12.0. The molecule has 37 heavy (non-hydrogen) atoms. The number of likely N-dealkylation sites (tertiary alicyclic amines) is 1. The van der Waals surface area contributed by atoms with E-state index in [0.29, 0.717) is 24.2 Å². The molecule has 2 amide bonds. The number of nitrogens with zero attached hydrogens (tertiary/aromatic N) is 3. The number of carbonyl (C=O) groups excluding carboxylic acids is 1. The molecule has 3 heterocycles. The van der Waals surface area contributed by atoms with Crippen molar-refractivity contribution in [3.05, 3.63) is 52.9 Å². The van der Waals surface area contributed by atoms with Gasteiger partial charge in [0.25, 0.3) is 0 Å². The van der Waals surface area contributed by atoms with Gasteiger partial charge in [-0.05, 0) is 65.6 Å². The highest BCUT2D eigenvalue weighted by Gasteiger charge is 2.36. The third-order valence-corrected chi connectivity index (χ3v) is 6.21. The van der Waals surface area contributed by atoms with Crippen LogP contribution in [0.1, 0.15) is 53.0 Å². The highest BCUT2D eigenvalue weighted by Crippen LogP contribution is 2.39. The lowest BCUT2D eigenvalue weighted by Gasteiger charge is -2.31. The Morgan fingerprint density at radius 3 is 2.43 bits per heavy atom. The van der Waals surface area contributed by atoms with E-state index >= 15 is 0 Å². The van der Waals surface area contributed by atoms with Crippen LogP contribution in [0.4, 0.5) is 29.3 Å². The Bertz CT molecular complexity index is 1160. The number of hydrogen-bond acceptors (Lipinski definition) is 4. The van der Waals surface area contributed by atoms with Gasteiger partial charge in [0, 0.05) is 31.2 Å². The number of hydrogen-bond donors (Lipinski definition) is 2. The van der Waals surface area contributed by atoms with Crippen LogP contribution in [0.5, 0.6) is 5.75 Å². The minimum absolute atomic E-state index is 0. The summed E-state index contributed by atoms with van der Waals surface area (Å²) in [7, 11) is 0. The zero-order valence-electron chi connectivity index (χ0n) is 20.5. The Morgan fingerprint density at radius 2 is 1.81 bits per heavy atom. The summed E-state index contributed by atoms with van der Waals surface area (Å²) in [5.41, 5.74) is -0.00884. The van der Waals surface area contributed by atoms with Crippen molar-refractivity contribution in [1.29, 1.82) is 0 Å². The van der Waals surface area contributed by atoms with Crippen LogP contribution in [-0.2, 0) is 6.18 Å². The second-order valence-corrected chi connectivity index (χ2v) is 9.25. The lowest BCUT2D eigenvalue weighted by atomic mass is 10.1. The number of piperidine rings is 1. The minimum Gasteiger partial charge on any atom is -0.490 e. The quantitative estimate of drug-likeness (QED) is 0.301. The highest BCUT2D eigenvalue weighted by atomic mass is 79.9. The number of anilines is 2. The number of urea groups is 1. The summed E-state index contributed by atoms with van der Waals surface area (Å²) in [6, 6.07) is 6.24. The molecule has 2 N–H and O–H groups in total. The van der Waals surface area contributed by atoms with Gasteiger partial charge >= 0.3 is 12.2 Å². The first-order valence-corrected chi connectivity index (χ1v) is 12.7. The van der Waals surface area contributed by atoms with E-state index in [2.05, 4.69) is 57.2 Å². The fraction of sp³-hybridized carbons (Fsp3) is 0.462.